The molecule has 0 amide bonds. The first-order valence-electron chi connectivity index (χ1n) is 7.26. The van der Waals surface area contributed by atoms with Gasteiger partial charge in [-0.05, 0) is 48.5 Å². The number of nitrogens with zero attached hydrogens (tertiary/aromatic N) is 2. The molecule has 0 saturated heterocycles. The maximum Gasteiger partial charge on any atom is 0.175 e. The summed E-state index contributed by atoms with van der Waals surface area (Å²) in [5.74, 6) is -0.293. The summed E-state index contributed by atoms with van der Waals surface area (Å²) in [6.45, 7) is 0.446. The normalized spacial score (nSPS) is 11.4. The van der Waals surface area contributed by atoms with Crippen molar-refractivity contribution in [1.82, 2.24) is 9.78 Å². The second-order valence-electron chi connectivity index (χ2n) is 5.38. The fourth-order valence-corrected chi connectivity index (χ4v) is 2.89. The third-order valence-electron chi connectivity index (χ3n) is 3.47. The highest BCUT2D eigenvalue weighted by atomic mass is 32.2. The van der Waals surface area contributed by atoms with Gasteiger partial charge in [0.2, 0.25) is 0 Å². The molecular weight excluding hydrogens is 329 g/mol. The number of hydrogen-bond donors (Lipinski definition) is 1. The average Bonchev–Trinajstić information content (AvgIpc) is 3.02. The molecule has 3 rings (SSSR count). The number of nitrogens with one attached hydrogen (secondary N) is 1. The summed E-state index contributed by atoms with van der Waals surface area (Å²) in [6, 6.07) is 14.5. The fraction of sp³-hybridized carbons (Fsp3) is 0.118. The van der Waals surface area contributed by atoms with E-state index in [4.69, 9.17) is 0 Å². The van der Waals surface area contributed by atoms with Gasteiger partial charge < -0.3 is 5.32 Å². The van der Waals surface area contributed by atoms with E-state index < -0.39 is 9.84 Å². The zero-order chi connectivity index (χ0) is 17.2. The van der Waals surface area contributed by atoms with Gasteiger partial charge in [-0.3, -0.25) is 0 Å². The van der Waals surface area contributed by atoms with Crippen molar-refractivity contribution in [3.05, 3.63) is 72.3 Å². The van der Waals surface area contributed by atoms with Gasteiger partial charge >= 0.3 is 0 Å². The van der Waals surface area contributed by atoms with E-state index >= 15 is 0 Å². The summed E-state index contributed by atoms with van der Waals surface area (Å²) >= 11 is 0. The van der Waals surface area contributed by atoms with Crippen molar-refractivity contribution < 1.29 is 12.8 Å². The zero-order valence-corrected chi connectivity index (χ0v) is 13.8. The van der Waals surface area contributed by atoms with Gasteiger partial charge in [-0.1, -0.05) is 6.07 Å². The zero-order valence-electron chi connectivity index (χ0n) is 13.0. The molecule has 0 fully saturated rings. The van der Waals surface area contributed by atoms with Crippen LogP contribution in [-0.4, -0.2) is 24.5 Å². The SMILES string of the molecule is CS(=O)(=O)c1cccc(NCc2ccn(-c3ccc(F)cc3)n2)c1. The van der Waals surface area contributed by atoms with Crippen LogP contribution in [-0.2, 0) is 16.4 Å². The van der Waals surface area contributed by atoms with Gasteiger partial charge in [-0.15, -0.1) is 0 Å². The van der Waals surface area contributed by atoms with Crippen LogP contribution < -0.4 is 5.32 Å². The first kappa shape index (κ1) is 16.2. The molecule has 1 N–H and O–H groups in total. The molecule has 0 aliphatic rings. The molecule has 3 aromatic rings. The van der Waals surface area contributed by atoms with Gasteiger partial charge in [0.05, 0.1) is 22.8 Å². The van der Waals surface area contributed by atoms with E-state index in [1.165, 1.54) is 18.4 Å². The highest BCUT2D eigenvalue weighted by molar-refractivity contribution is 7.90. The first-order valence-corrected chi connectivity index (χ1v) is 9.15. The van der Waals surface area contributed by atoms with Crippen LogP contribution in [0.15, 0.2) is 65.7 Å². The summed E-state index contributed by atoms with van der Waals surface area (Å²) in [5.41, 5.74) is 2.25. The van der Waals surface area contributed by atoms with E-state index in [0.717, 1.165) is 11.4 Å². The largest absolute Gasteiger partial charge is 0.379 e. The summed E-state index contributed by atoms with van der Waals surface area (Å²) in [4.78, 5) is 0.268. The minimum atomic E-state index is -3.23. The number of aromatic nitrogens is 2. The van der Waals surface area contributed by atoms with Gasteiger partial charge in [0.15, 0.2) is 9.84 Å². The molecule has 124 valence electrons. The van der Waals surface area contributed by atoms with E-state index in [2.05, 4.69) is 10.4 Å². The Labute approximate surface area is 139 Å². The number of anilines is 1. The van der Waals surface area contributed by atoms with Crippen molar-refractivity contribution in [2.75, 3.05) is 11.6 Å². The molecule has 0 spiro atoms. The maximum atomic E-state index is 13.0. The molecule has 0 unspecified atom stereocenters. The predicted octanol–water partition coefficient (Wildman–Crippen LogP) is 3.03. The van der Waals surface area contributed by atoms with E-state index in [-0.39, 0.29) is 10.7 Å². The predicted molar refractivity (Wildman–Crippen MR) is 90.4 cm³/mol. The molecule has 0 aliphatic heterocycles. The van der Waals surface area contributed by atoms with Crippen LogP contribution in [0.25, 0.3) is 5.69 Å². The molecule has 0 aliphatic carbocycles. The standard InChI is InChI=1S/C17H16FN3O2S/c1-24(22,23)17-4-2-3-14(11-17)19-12-15-9-10-21(20-15)16-7-5-13(18)6-8-16/h2-11,19H,12H2,1H3. The first-order chi connectivity index (χ1) is 11.4. The minimum Gasteiger partial charge on any atom is -0.379 e. The molecule has 1 aromatic heterocycles. The summed E-state index contributed by atoms with van der Waals surface area (Å²) in [5, 5.41) is 7.56. The molecule has 1 heterocycles. The Morgan fingerprint density at radius 1 is 1.12 bits per heavy atom. The third kappa shape index (κ3) is 3.80. The number of benzene rings is 2. The third-order valence-corrected chi connectivity index (χ3v) is 4.58. The molecule has 24 heavy (non-hydrogen) atoms. The lowest BCUT2D eigenvalue weighted by atomic mass is 10.3. The number of rotatable bonds is 5. The Kier molecular flexibility index (Phi) is 4.35. The highest BCUT2D eigenvalue weighted by Crippen LogP contribution is 2.16. The van der Waals surface area contributed by atoms with Crippen molar-refractivity contribution in [1.29, 1.82) is 0 Å². The lowest BCUT2D eigenvalue weighted by Gasteiger charge is -2.06. The Hall–Kier alpha value is -2.67. The lowest BCUT2D eigenvalue weighted by Crippen LogP contribution is -2.03. The summed E-state index contributed by atoms with van der Waals surface area (Å²) < 4.78 is 37.8. The van der Waals surface area contributed by atoms with Gasteiger partial charge in [-0.2, -0.15) is 5.10 Å². The van der Waals surface area contributed by atoms with Crippen LogP contribution in [0.1, 0.15) is 5.69 Å². The van der Waals surface area contributed by atoms with Crippen molar-refractivity contribution in [2.45, 2.75) is 11.4 Å². The summed E-state index contributed by atoms with van der Waals surface area (Å²) in [7, 11) is -3.23. The summed E-state index contributed by atoms with van der Waals surface area (Å²) in [6.07, 6.45) is 2.97. The molecule has 0 atom stereocenters. The van der Waals surface area contributed by atoms with Crippen molar-refractivity contribution in [3.8, 4) is 5.69 Å². The van der Waals surface area contributed by atoms with E-state index in [9.17, 15) is 12.8 Å². The molecule has 0 bridgehead atoms. The van der Waals surface area contributed by atoms with Crippen molar-refractivity contribution >= 4 is 15.5 Å². The van der Waals surface area contributed by atoms with Gasteiger partial charge in [0, 0.05) is 18.1 Å². The Bertz CT molecular complexity index is 950. The molecule has 5 nitrogen and oxygen atoms in total. The van der Waals surface area contributed by atoms with Crippen molar-refractivity contribution in [3.63, 3.8) is 0 Å². The quantitative estimate of drug-likeness (QED) is 0.772. The maximum absolute atomic E-state index is 13.0. The topological polar surface area (TPSA) is 64.0 Å². The van der Waals surface area contributed by atoms with Gasteiger partial charge in [0.25, 0.3) is 0 Å². The van der Waals surface area contributed by atoms with Crippen LogP contribution in [0, 0.1) is 5.82 Å². The number of sulfone groups is 1. The highest BCUT2D eigenvalue weighted by Gasteiger charge is 2.07. The Morgan fingerprint density at radius 3 is 2.58 bits per heavy atom. The van der Waals surface area contributed by atoms with Gasteiger partial charge in [-0.25, -0.2) is 17.5 Å². The molecule has 2 aromatic carbocycles. The van der Waals surface area contributed by atoms with E-state index in [0.29, 0.717) is 12.2 Å². The fourth-order valence-electron chi connectivity index (χ4n) is 2.22. The van der Waals surface area contributed by atoms with Crippen molar-refractivity contribution in [2.24, 2.45) is 0 Å². The number of hydrogen-bond acceptors (Lipinski definition) is 4. The monoisotopic (exact) mass is 345 g/mol. The van der Waals surface area contributed by atoms with E-state index in [1.54, 1.807) is 47.3 Å². The molecular formula is C17H16FN3O2S. The van der Waals surface area contributed by atoms with Crippen LogP contribution in [0.3, 0.4) is 0 Å². The van der Waals surface area contributed by atoms with Crippen LogP contribution in [0.5, 0.6) is 0 Å². The van der Waals surface area contributed by atoms with Crippen LogP contribution >= 0.6 is 0 Å². The second-order valence-corrected chi connectivity index (χ2v) is 7.40. The Balaban J connectivity index is 1.71. The minimum absolute atomic E-state index is 0.268. The lowest BCUT2D eigenvalue weighted by molar-refractivity contribution is 0.602. The average molecular weight is 345 g/mol. The second kappa shape index (κ2) is 6.45. The van der Waals surface area contributed by atoms with Crippen LogP contribution in [0.4, 0.5) is 10.1 Å². The molecule has 0 radical (unpaired) electrons. The van der Waals surface area contributed by atoms with E-state index in [1.807, 2.05) is 6.07 Å². The molecule has 7 heteroatoms. The molecule has 0 saturated carbocycles. The number of halogens is 1. The van der Waals surface area contributed by atoms with Crippen LogP contribution in [0.2, 0.25) is 0 Å². The van der Waals surface area contributed by atoms with Gasteiger partial charge in [0.1, 0.15) is 5.82 Å². The Morgan fingerprint density at radius 2 is 1.88 bits per heavy atom. The smallest absolute Gasteiger partial charge is 0.175 e.